The van der Waals surface area contributed by atoms with Gasteiger partial charge in [0.15, 0.2) is 0 Å². The summed E-state index contributed by atoms with van der Waals surface area (Å²) in [7, 11) is 0. The third-order valence-electron chi connectivity index (χ3n) is 2.40. The van der Waals surface area contributed by atoms with Gasteiger partial charge in [0.05, 0.1) is 0 Å². The van der Waals surface area contributed by atoms with Crippen molar-refractivity contribution in [1.82, 2.24) is 10.2 Å². The zero-order valence-corrected chi connectivity index (χ0v) is 9.08. The monoisotopic (exact) mass is 212 g/mol. The number of carbonyl (C=O) groups excluding carboxylic acids is 3. The van der Waals surface area contributed by atoms with Gasteiger partial charge in [0.25, 0.3) is 0 Å². The lowest BCUT2D eigenvalue weighted by Gasteiger charge is -2.21. The number of hydrogen-bond donors (Lipinski definition) is 1. The van der Waals surface area contributed by atoms with Crippen molar-refractivity contribution in [2.75, 3.05) is 13.1 Å². The minimum absolute atomic E-state index is 0.0546. The summed E-state index contributed by atoms with van der Waals surface area (Å²) in [5, 5.41) is 2.59. The van der Waals surface area contributed by atoms with E-state index in [1.165, 1.54) is 6.92 Å². The SMILES string of the molecule is CC(=O)CCN1CCC(=O)NC(C)C1=O. The first-order valence-corrected chi connectivity index (χ1v) is 5.08. The number of ketones is 1. The first-order chi connectivity index (χ1) is 7.00. The van der Waals surface area contributed by atoms with Crippen LogP contribution in [0.1, 0.15) is 26.7 Å². The predicted octanol–water partition coefficient (Wildman–Crippen LogP) is -0.298. The van der Waals surface area contributed by atoms with Gasteiger partial charge in [-0.1, -0.05) is 0 Å². The average Bonchev–Trinajstić information content (AvgIpc) is 2.26. The Kier molecular flexibility index (Phi) is 3.82. The van der Waals surface area contributed by atoms with Crippen molar-refractivity contribution in [3.05, 3.63) is 0 Å². The molecule has 1 unspecified atom stereocenters. The van der Waals surface area contributed by atoms with Crippen molar-refractivity contribution >= 4 is 17.6 Å². The molecule has 15 heavy (non-hydrogen) atoms. The van der Waals surface area contributed by atoms with E-state index in [-0.39, 0.29) is 17.6 Å². The second-order valence-electron chi connectivity index (χ2n) is 3.82. The number of amides is 2. The molecule has 1 N–H and O–H groups in total. The van der Waals surface area contributed by atoms with Crippen LogP contribution in [-0.4, -0.2) is 41.6 Å². The predicted molar refractivity (Wildman–Crippen MR) is 54.1 cm³/mol. The largest absolute Gasteiger partial charge is 0.345 e. The molecule has 1 fully saturated rings. The first kappa shape index (κ1) is 11.7. The van der Waals surface area contributed by atoms with Crippen molar-refractivity contribution in [3.63, 3.8) is 0 Å². The van der Waals surface area contributed by atoms with Crippen LogP contribution in [0.25, 0.3) is 0 Å². The van der Waals surface area contributed by atoms with Crippen LogP contribution in [0.4, 0.5) is 0 Å². The fraction of sp³-hybridized carbons (Fsp3) is 0.700. The summed E-state index contributed by atoms with van der Waals surface area (Å²) >= 11 is 0. The standard InChI is InChI=1S/C10H16N2O3/c1-7(13)3-5-12-6-4-9(14)11-8(2)10(12)15/h8H,3-6H2,1-2H3,(H,11,14). The van der Waals surface area contributed by atoms with Gasteiger partial charge in [0, 0.05) is 25.9 Å². The van der Waals surface area contributed by atoms with Gasteiger partial charge in [-0.3, -0.25) is 14.4 Å². The Hall–Kier alpha value is -1.39. The Morgan fingerprint density at radius 3 is 2.80 bits per heavy atom. The molecule has 0 aromatic carbocycles. The molecule has 1 aliphatic rings. The highest BCUT2D eigenvalue weighted by molar-refractivity contribution is 5.89. The lowest BCUT2D eigenvalue weighted by molar-refractivity contribution is -0.133. The molecule has 0 saturated carbocycles. The maximum absolute atomic E-state index is 11.7. The summed E-state index contributed by atoms with van der Waals surface area (Å²) in [5.41, 5.74) is 0. The minimum atomic E-state index is -0.480. The van der Waals surface area contributed by atoms with Crippen LogP contribution in [-0.2, 0) is 14.4 Å². The van der Waals surface area contributed by atoms with Gasteiger partial charge in [0.1, 0.15) is 11.8 Å². The van der Waals surface area contributed by atoms with E-state index in [2.05, 4.69) is 5.32 Å². The molecule has 1 atom stereocenters. The maximum Gasteiger partial charge on any atom is 0.244 e. The molecule has 2 amide bonds. The van der Waals surface area contributed by atoms with Crippen molar-refractivity contribution in [3.8, 4) is 0 Å². The Morgan fingerprint density at radius 2 is 2.20 bits per heavy atom. The summed E-state index contributed by atoms with van der Waals surface area (Å²) in [6.45, 7) is 3.97. The third kappa shape index (κ3) is 3.34. The molecule has 1 saturated heterocycles. The van der Waals surface area contributed by atoms with E-state index in [1.54, 1.807) is 11.8 Å². The van der Waals surface area contributed by atoms with Gasteiger partial charge >= 0.3 is 0 Å². The van der Waals surface area contributed by atoms with Gasteiger partial charge in [-0.05, 0) is 13.8 Å². The smallest absolute Gasteiger partial charge is 0.244 e. The molecule has 0 bridgehead atoms. The van der Waals surface area contributed by atoms with E-state index in [9.17, 15) is 14.4 Å². The van der Waals surface area contributed by atoms with Crippen LogP contribution < -0.4 is 5.32 Å². The minimum Gasteiger partial charge on any atom is -0.345 e. The van der Waals surface area contributed by atoms with Gasteiger partial charge < -0.3 is 10.2 Å². The highest BCUT2D eigenvalue weighted by Crippen LogP contribution is 2.04. The zero-order valence-electron chi connectivity index (χ0n) is 9.08. The lowest BCUT2D eigenvalue weighted by atomic mass is 10.2. The molecule has 1 heterocycles. The number of nitrogens with one attached hydrogen (secondary N) is 1. The molecule has 0 aromatic rings. The summed E-state index contributed by atoms with van der Waals surface area (Å²) < 4.78 is 0. The van der Waals surface area contributed by atoms with E-state index < -0.39 is 6.04 Å². The zero-order chi connectivity index (χ0) is 11.4. The van der Waals surface area contributed by atoms with Crippen LogP contribution >= 0.6 is 0 Å². The van der Waals surface area contributed by atoms with Gasteiger partial charge in [-0.25, -0.2) is 0 Å². The van der Waals surface area contributed by atoms with Crippen LogP contribution in [0, 0.1) is 0 Å². The highest BCUT2D eigenvalue weighted by Gasteiger charge is 2.26. The Balaban J connectivity index is 2.58. The van der Waals surface area contributed by atoms with Crippen LogP contribution in [0.3, 0.4) is 0 Å². The topological polar surface area (TPSA) is 66.5 Å². The molecule has 1 rings (SSSR count). The Bertz CT molecular complexity index is 288. The van der Waals surface area contributed by atoms with Crippen molar-refractivity contribution < 1.29 is 14.4 Å². The second-order valence-corrected chi connectivity index (χ2v) is 3.82. The molecule has 0 aliphatic carbocycles. The number of rotatable bonds is 3. The molecular weight excluding hydrogens is 196 g/mol. The molecule has 0 aromatic heterocycles. The molecule has 1 aliphatic heterocycles. The number of Topliss-reactive ketones (excluding diaryl/α,β-unsaturated/α-hetero) is 1. The Labute approximate surface area is 88.8 Å². The van der Waals surface area contributed by atoms with Crippen LogP contribution in [0.5, 0.6) is 0 Å². The molecular formula is C10H16N2O3. The third-order valence-corrected chi connectivity index (χ3v) is 2.40. The fourth-order valence-corrected chi connectivity index (χ4v) is 1.51. The van der Waals surface area contributed by atoms with Crippen molar-refractivity contribution in [2.45, 2.75) is 32.7 Å². The van der Waals surface area contributed by atoms with Crippen LogP contribution in [0.2, 0.25) is 0 Å². The van der Waals surface area contributed by atoms with E-state index in [0.29, 0.717) is 25.9 Å². The van der Waals surface area contributed by atoms with Gasteiger partial charge in [0.2, 0.25) is 11.8 Å². The maximum atomic E-state index is 11.7. The summed E-state index contributed by atoms with van der Waals surface area (Å²) in [4.78, 5) is 35.2. The average molecular weight is 212 g/mol. The number of hydrogen-bond acceptors (Lipinski definition) is 3. The van der Waals surface area contributed by atoms with Crippen LogP contribution in [0.15, 0.2) is 0 Å². The van der Waals surface area contributed by atoms with Crippen molar-refractivity contribution in [1.29, 1.82) is 0 Å². The molecule has 0 spiro atoms. The lowest BCUT2D eigenvalue weighted by Crippen LogP contribution is -2.43. The summed E-state index contributed by atoms with van der Waals surface area (Å²) in [5.74, 6) is -0.165. The molecule has 84 valence electrons. The first-order valence-electron chi connectivity index (χ1n) is 5.08. The molecule has 5 nitrogen and oxygen atoms in total. The van der Waals surface area contributed by atoms with E-state index in [0.717, 1.165) is 0 Å². The van der Waals surface area contributed by atoms with E-state index in [4.69, 9.17) is 0 Å². The van der Waals surface area contributed by atoms with Gasteiger partial charge in [-0.2, -0.15) is 0 Å². The number of nitrogens with zero attached hydrogens (tertiary/aromatic N) is 1. The Morgan fingerprint density at radius 1 is 1.53 bits per heavy atom. The molecule has 5 heteroatoms. The van der Waals surface area contributed by atoms with Gasteiger partial charge in [-0.15, -0.1) is 0 Å². The van der Waals surface area contributed by atoms with E-state index >= 15 is 0 Å². The quantitative estimate of drug-likeness (QED) is 0.698. The second kappa shape index (κ2) is 4.91. The summed E-state index contributed by atoms with van der Waals surface area (Å²) in [6.07, 6.45) is 0.667. The van der Waals surface area contributed by atoms with Crippen molar-refractivity contribution in [2.24, 2.45) is 0 Å². The highest BCUT2D eigenvalue weighted by atomic mass is 16.2. The fourth-order valence-electron chi connectivity index (χ4n) is 1.51. The summed E-state index contributed by atoms with van der Waals surface area (Å²) in [6, 6.07) is -0.480. The normalized spacial score (nSPS) is 22.3. The number of carbonyl (C=O) groups is 3. The van der Waals surface area contributed by atoms with E-state index in [1.807, 2.05) is 0 Å². The molecule has 0 radical (unpaired) electrons.